The van der Waals surface area contributed by atoms with Crippen LogP contribution in [0.25, 0.3) is 0 Å². The molecule has 0 fully saturated rings. The van der Waals surface area contributed by atoms with Crippen LogP contribution in [0.4, 0.5) is 11.4 Å². The highest BCUT2D eigenvalue weighted by molar-refractivity contribution is 7.92. The number of aryl methyl sites for hydroxylation is 1. The third-order valence-electron chi connectivity index (χ3n) is 4.53. The number of esters is 1. The van der Waals surface area contributed by atoms with Gasteiger partial charge < -0.3 is 14.8 Å². The summed E-state index contributed by atoms with van der Waals surface area (Å²) in [5.74, 6) is -0.755. The molecule has 2 aromatic rings. The van der Waals surface area contributed by atoms with Gasteiger partial charge in [-0.15, -0.1) is 0 Å². The molecule has 0 saturated heterocycles. The number of ether oxygens (including phenoxy) is 2. The van der Waals surface area contributed by atoms with Crippen LogP contribution in [-0.2, 0) is 19.6 Å². The summed E-state index contributed by atoms with van der Waals surface area (Å²) in [5, 5.41) is 2.69. The molecule has 1 amide bonds. The molecule has 0 radical (unpaired) electrons. The predicted molar refractivity (Wildman–Crippen MR) is 109 cm³/mol. The molecular weight excluding hydrogens is 396 g/mol. The lowest BCUT2D eigenvalue weighted by Gasteiger charge is -2.21. The van der Waals surface area contributed by atoms with Gasteiger partial charge >= 0.3 is 5.97 Å². The van der Waals surface area contributed by atoms with Crippen molar-refractivity contribution in [1.82, 2.24) is 0 Å². The zero-order valence-electron chi connectivity index (χ0n) is 16.3. The number of rotatable bonds is 4. The molecule has 0 aromatic heterocycles. The molecule has 1 N–H and O–H groups in total. The lowest BCUT2D eigenvalue weighted by Crippen LogP contribution is -2.36. The number of carbonyl (C=O) groups is 2. The fourth-order valence-electron chi connectivity index (χ4n) is 3.11. The van der Waals surface area contributed by atoms with Crippen LogP contribution in [0.5, 0.6) is 5.75 Å². The molecule has 0 unspecified atom stereocenters. The van der Waals surface area contributed by atoms with Crippen molar-refractivity contribution in [2.75, 3.05) is 29.5 Å². The maximum absolute atomic E-state index is 12.9. The van der Waals surface area contributed by atoms with Gasteiger partial charge in [0.15, 0.2) is 6.10 Å². The van der Waals surface area contributed by atoms with Crippen LogP contribution in [-0.4, -0.2) is 46.3 Å². The van der Waals surface area contributed by atoms with E-state index in [1.165, 1.54) is 11.4 Å². The molecule has 2 aromatic carbocycles. The quantitative estimate of drug-likeness (QED) is 0.765. The highest BCUT2D eigenvalue weighted by atomic mass is 32.2. The first-order chi connectivity index (χ1) is 13.7. The third-order valence-corrected chi connectivity index (χ3v) is 5.71. The minimum Gasteiger partial charge on any atom is -0.478 e. The van der Waals surface area contributed by atoms with Crippen molar-refractivity contribution in [1.29, 1.82) is 0 Å². The number of methoxy groups -OCH3 is 1. The van der Waals surface area contributed by atoms with Crippen LogP contribution in [0.1, 0.15) is 22.3 Å². The van der Waals surface area contributed by atoms with E-state index in [9.17, 15) is 18.0 Å². The van der Waals surface area contributed by atoms with E-state index in [0.29, 0.717) is 17.1 Å². The summed E-state index contributed by atoms with van der Waals surface area (Å²) in [6, 6.07) is 11.6. The Balaban J connectivity index is 1.89. The van der Waals surface area contributed by atoms with Crippen molar-refractivity contribution < 1.29 is 27.5 Å². The molecule has 29 heavy (non-hydrogen) atoms. The second kappa shape index (κ2) is 8.12. The van der Waals surface area contributed by atoms with Crippen LogP contribution < -0.4 is 14.4 Å². The second-order valence-corrected chi connectivity index (χ2v) is 8.63. The molecule has 1 aliphatic rings. The number of sulfonamides is 1. The summed E-state index contributed by atoms with van der Waals surface area (Å²) < 4.78 is 36.3. The average molecular weight is 418 g/mol. The van der Waals surface area contributed by atoms with Crippen molar-refractivity contribution in [3.8, 4) is 5.75 Å². The molecule has 154 valence electrons. The summed E-state index contributed by atoms with van der Waals surface area (Å²) in [4.78, 5) is 24.8. The van der Waals surface area contributed by atoms with E-state index in [1.54, 1.807) is 42.5 Å². The Kier molecular flexibility index (Phi) is 5.78. The van der Waals surface area contributed by atoms with E-state index in [0.717, 1.165) is 11.8 Å². The van der Waals surface area contributed by atoms with Crippen LogP contribution in [0.2, 0.25) is 0 Å². The SMILES string of the molecule is COC(=O)c1ccccc1NC(=O)[C@@H]1CCN(S(C)(=O)=O)c2cc(C)ccc2O1. The van der Waals surface area contributed by atoms with Crippen molar-refractivity contribution >= 4 is 33.3 Å². The Morgan fingerprint density at radius 3 is 2.62 bits per heavy atom. The lowest BCUT2D eigenvalue weighted by molar-refractivity contribution is -0.122. The number of carbonyl (C=O) groups excluding carboxylic acids is 2. The molecule has 0 saturated carbocycles. The van der Waals surface area contributed by atoms with Gasteiger partial charge in [0.25, 0.3) is 5.91 Å². The fourth-order valence-corrected chi connectivity index (χ4v) is 4.05. The zero-order valence-corrected chi connectivity index (χ0v) is 17.2. The van der Waals surface area contributed by atoms with Crippen molar-refractivity contribution in [3.63, 3.8) is 0 Å². The van der Waals surface area contributed by atoms with Gasteiger partial charge in [-0.25, -0.2) is 13.2 Å². The number of hydrogen-bond acceptors (Lipinski definition) is 6. The van der Waals surface area contributed by atoms with Crippen molar-refractivity contribution in [3.05, 3.63) is 53.6 Å². The number of benzene rings is 2. The van der Waals surface area contributed by atoms with Crippen molar-refractivity contribution in [2.45, 2.75) is 19.4 Å². The molecule has 1 atom stereocenters. The first-order valence-corrected chi connectivity index (χ1v) is 10.8. The van der Waals surface area contributed by atoms with Gasteiger partial charge in [-0.2, -0.15) is 0 Å². The largest absolute Gasteiger partial charge is 0.478 e. The van der Waals surface area contributed by atoms with Gasteiger partial charge in [0.1, 0.15) is 5.75 Å². The van der Waals surface area contributed by atoms with Crippen molar-refractivity contribution in [2.24, 2.45) is 0 Å². The van der Waals surface area contributed by atoms with Gasteiger partial charge in [0.05, 0.1) is 30.3 Å². The zero-order chi connectivity index (χ0) is 21.2. The Bertz CT molecular complexity index is 1050. The number of nitrogens with one attached hydrogen (secondary N) is 1. The molecule has 8 nitrogen and oxygen atoms in total. The minimum absolute atomic E-state index is 0.0893. The fraction of sp³-hybridized carbons (Fsp3) is 0.300. The smallest absolute Gasteiger partial charge is 0.339 e. The van der Waals surface area contributed by atoms with Gasteiger partial charge in [0, 0.05) is 13.0 Å². The number of anilines is 2. The highest BCUT2D eigenvalue weighted by Gasteiger charge is 2.31. The maximum Gasteiger partial charge on any atom is 0.339 e. The Morgan fingerprint density at radius 2 is 1.93 bits per heavy atom. The maximum atomic E-state index is 12.9. The molecule has 0 aliphatic carbocycles. The number of nitrogens with zero attached hydrogens (tertiary/aromatic N) is 1. The molecule has 9 heteroatoms. The summed E-state index contributed by atoms with van der Waals surface area (Å²) in [7, 11) is -2.29. The van der Waals surface area contributed by atoms with Gasteiger partial charge in [-0.05, 0) is 36.8 Å². The van der Waals surface area contributed by atoms with Crippen LogP contribution >= 0.6 is 0 Å². The number of hydrogen-bond donors (Lipinski definition) is 1. The first kappa shape index (κ1) is 20.7. The summed E-state index contributed by atoms with van der Waals surface area (Å²) in [6.45, 7) is 1.94. The Morgan fingerprint density at radius 1 is 1.21 bits per heavy atom. The Labute approximate surface area is 169 Å². The molecular formula is C20H22N2O6S. The van der Waals surface area contributed by atoms with E-state index >= 15 is 0 Å². The summed E-state index contributed by atoms with van der Waals surface area (Å²) in [6.07, 6.45) is 0.327. The van der Waals surface area contributed by atoms with E-state index in [-0.39, 0.29) is 18.5 Å². The lowest BCUT2D eigenvalue weighted by atomic mass is 10.1. The van der Waals surface area contributed by atoms with E-state index in [4.69, 9.17) is 9.47 Å². The molecule has 0 spiro atoms. The topological polar surface area (TPSA) is 102 Å². The molecule has 1 aliphatic heterocycles. The third kappa shape index (κ3) is 4.51. The summed E-state index contributed by atoms with van der Waals surface area (Å²) in [5.41, 5.74) is 1.78. The normalized spacial score (nSPS) is 16.2. The standard InChI is InChI=1S/C20H22N2O6S/c1-13-8-9-17-16(12-13)22(29(3,25)26)11-10-18(28-17)19(23)21-15-7-5-4-6-14(15)20(24)27-2/h4-9,12,18H,10-11H2,1-3H3,(H,21,23)/t18-/m0/s1. The number of fused-ring (bicyclic) bond motifs is 1. The summed E-state index contributed by atoms with van der Waals surface area (Å²) >= 11 is 0. The number of amides is 1. The minimum atomic E-state index is -3.55. The highest BCUT2D eigenvalue weighted by Crippen LogP contribution is 2.35. The second-order valence-electron chi connectivity index (χ2n) is 6.73. The van der Waals surface area contributed by atoms with Gasteiger partial charge in [0.2, 0.25) is 10.0 Å². The molecule has 0 bridgehead atoms. The predicted octanol–water partition coefficient (Wildman–Crippen LogP) is 2.34. The van der Waals surface area contributed by atoms with Gasteiger partial charge in [-0.1, -0.05) is 18.2 Å². The first-order valence-electron chi connectivity index (χ1n) is 8.94. The van der Waals surface area contributed by atoms with Crippen LogP contribution in [0.3, 0.4) is 0 Å². The molecule has 3 rings (SSSR count). The number of para-hydroxylation sites is 1. The average Bonchev–Trinajstić information content (AvgIpc) is 2.87. The van der Waals surface area contributed by atoms with Crippen LogP contribution in [0.15, 0.2) is 42.5 Å². The van der Waals surface area contributed by atoms with Gasteiger partial charge in [-0.3, -0.25) is 9.10 Å². The Hall–Kier alpha value is -3.07. The van der Waals surface area contributed by atoms with E-state index in [1.807, 2.05) is 6.92 Å². The van der Waals surface area contributed by atoms with E-state index in [2.05, 4.69) is 5.32 Å². The molecule has 1 heterocycles. The van der Waals surface area contributed by atoms with Crippen LogP contribution in [0, 0.1) is 6.92 Å². The monoisotopic (exact) mass is 418 g/mol. The van der Waals surface area contributed by atoms with E-state index < -0.39 is 28.0 Å².